The van der Waals surface area contributed by atoms with Gasteiger partial charge in [0, 0.05) is 37.7 Å². The van der Waals surface area contributed by atoms with Crippen molar-refractivity contribution in [3.8, 4) is 16.9 Å². The van der Waals surface area contributed by atoms with Crippen molar-refractivity contribution in [1.29, 1.82) is 0 Å². The monoisotopic (exact) mass is 518 g/mol. The number of aliphatic imine (C=N–C) groups is 1. The van der Waals surface area contributed by atoms with Crippen LogP contribution < -0.4 is 9.64 Å². The van der Waals surface area contributed by atoms with Crippen LogP contribution >= 0.6 is 0 Å². The van der Waals surface area contributed by atoms with Gasteiger partial charge in [-0.05, 0) is 52.6 Å². The van der Waals surface area contributed by atoms with Gasteiger partial charge in [-0.2, -0.15) is 0 Å². The topological polar surface area (TPSA) is 71.4 Å². The SMILES string of the molecule is CN1C(=O)[C@@]2(Cc3ccccc31)N=C(c1ccc(OCCCO)cc1)O[C@H]2c1ccc(-c2ccccc2)cc1. The molecule has 0 bridgehead atoms. The second-order valence-corrected chi connectivity index (χ2v) is 9.95. The summed E-state index contributed by atoms with van der Waals surface area (Å²) >= 11 is 0. The maximum Gasteiger partial charge on any atom is 0.259 e. The van der Waals surface area contributed by atoms with Crippen molar-refractivity contribution in [2.75, 3.05) is 25.2 Å². The van der Waals surface area contributed by atoms with Crippen molar-refractivity contribution in [2.45, 2.75) is 24.5 Å². The van der Waals surface area contributed by atoms with Crippen LogP contribution in [0.1, 0.15) is 29.2 Å². The van der Waals surface area contributed by atoms with Gasteiger partial charge in [0.05, 0.1) is 6.61 Å². The van der Waals surface area contributed by atoms with Crippen LogP contribution in [-0.2, 0) is 16.0 Å². The standard InChI is InChI=1S/C33H30N2O4/c1-35-29-11-6-5-10-27(29)22-33(32(35)37)30(25-14-12-24(13-15-25)23-8-3-2-4-9-23)39-31(34-33)26-16-18-28(19-17-26)38-21-7-20-36/h2-6,8-19,30,36H,7,20-22H2,1H3/t30-,33-/m0/s1. The van der Waals surface area contributed by atoms with E-state index in [2.05, 4.69) is 30.3 Å². The van der Waals surface area contributed by atoms with E-state index < -0.39 is 11.6 Å². The molecule has 196 valence electrons. The smallest absolute Gasteiger partial charge is 0.259 e. The number of hydrogen-bond donors (Lipinski definition) is 1. The summed E-state index contributed by atoms with van der Waals surface area (Å²) in [6.45, 7) is 0.530. The molecule has 39 heavy (non-hydrogen) atoms. The number of rotatable bonds is 7. The first-order valence-corrected chi connectivity index (χ1v) is 13.2. The Morgan fingerprint density at radius 2 is 1.56 bits per heavy atom. The van der Waals surface area contributed by atoms with Gasteiger partial charge in [0.2, 0.25) is 5.90 Å². The first-order valence-electron chi connectivity index (χ1n) is 13.2. The Labute approximate surface area is 228 Å². The predicted molar refractivity (Wildman–Crippen MR) is 152 cm³/mol. The summed E-state index contributed by atoms with van der Waals surface area (Å²) in [7, 11) is 1.81. The Balaban J connectivity index is 1.38. The lowest BCUT2D eigenvalue weighted by Gasteiger charge is -2.39. The number of nitrogens with zero attached hydrogens (tertiary/aromatic N) is 2. The van der Waals surface area contributed by atoms with Gasteiger partial charge in [0.15, 0.2) is 11.6 Å². The van der Waals surface area contributed by atoms with Crippen LogP contribution in [0.15, 0.2) is 108 Å². The zero-order chi connectivity index (χ0) is 26.8. The van der Waals surface area contributed by atoms with Crippen LogP contribution in [0.3, 0.4) is 0 Å². The quantitative estimate of drug-likeness (QED) is 0.324. The van der Waals surface area contributed by atoms with Crippen LogP contribution in [-0.4, -0.2) is 42.7 Å². The van der Waals surface area contributed by atoms with Crippen molar-refractivity contribution in [2.24, 2.45) is 4.99 Å². The van der Waals surface area contributed by atoms with E-state index in [1.165, 1.54) is 0 Å². The van der Waals surface area contributed by atoms with Crippen molar-refractivity contribution < 1.29 is 19.4 Å². The van der Waals surface area contributed by atoms with Gasteiger partial charge < -0.3 is 19.5 Å². The number of aliphatic hydroxyl groups is 1. The van der Waals surface area contributed by atoms with E-state index >= 15 is 0 Å². The fourth-order valence-corrected chi connectivity index (χ4v) is 5.43. The summed E-state index contributed by atoms with van der Waals surface area (Å²) < 4.78 is 12.3. The highest BCUT2D eigenvalue weighted by atomic mass is 16.5. The van der Waals surface area contributed by atoms with Crippen molar-refractivity contribution >= 4 is 17.5 Å². The van der Waals surface area contributed by atoms with Gasteiger partial charge in [-0.15, -0.1) is 0 Å². The van der Waals surface area contributed by atoms with Crippen LogP contribution in [0.5, 0.6) is 5.75 Å². The average Bonchev–Trinajstić information content (AvgIpc) is 3.37. The highest BCUT2D eigenvalue weighted by Gasteiger charge is 2.56. The van der Waals surface area contributed by atoms with E-state index in [1.807, 2.05) is 79.8 Å². The molecule has 4 aromatic rings. The van der Waals surface area contributed by atoms with Gasteiger partial charge in [-0.3, -0.25) is 4.79 Å². The van der Waals surface area contributed by atoms with Crippen molar-refractivity contribution in [1.82, 2.24) is 0 Å². The molecule has 1 spiro atoms. The summed E-state index contributed by atoms with van der Waals surface area (Å²) in [4.78, 5) is 20.8. The van der Waals surface area contributed by atoms with E-state index in [9.17, 15) is 4.79 Å². The largest absolute Gasteiger partial charge is 0.494 e. The molecule has 2 aliphatic heterocycles. The predicted octanol–water partition coefficient (Wildman–Crippen LogP) is 5.59. The summed E-state index contributed by atoms with van der Waals surface area (Å²) in [5.74, 6) is 1.06. The molecular formula is C33H30N2O4. The Kier molecular flexibility index (Phi) is 6.63. The normalized spacial score (nSPS) is 19.9. The molecule has 2 atom stereocenters. The molecule has 0 fully saturated rings. The Hall–Kier alpha value is -4.42. The Morgan fingerprint density at radius 3 is 2.31 bits per heavy atom. The number of aliphatic hydroxyl groups excluding tert-OH is 1. The van der Waals surface area contributed by atoms with E-state index in [4.69, 9.17) is 19.6 Å². The van der Waals surface area contributed by atoms with Gasteiger partial charge in [0.25, 0.3) is 5.91 Å². The lowest BCUT2D eigenvalue weighted by atomic mass is 9.78. The molecule has 6 nitrogen and oxygen atoms in total. The van der Waals surface area contributed by atoms with E-state index in [-0.39, 0.29) is 12.5 Å². The average molecular weight is 519 g/mol. The number of benzene rings is 4. The number of likely N-dealkylation sites (N-methyl/N-ethyl adjacent to an activating group) is 1. The van der Waals surface area contributed by atoms with Crippen LogP contribution in [0, 0.1) is 0 Å². The molecule has 0 unspecified atom stereocenters. The third kappa shape index (κ3) is 4.57. The third-order valence-electron chi connectivity index (χ3n) is 7.45. The summed E-state index contributed by atoms with van der Waals surface area (Å²) in [5.41, 5.74) is 4.75. The molecule has 4 aromatic carbocycles. The first-order chi connectivity index (χ1) is 19.1. The van der Waals surface area contributed by atoms with Gasteiger partial charge in [-0.25, -0.2) is 4.99 Å². The van der Waals surface area contributed by atoms with Gasteiger partial charge in [0.1, 0.15) is 5.75 Å². The van der Waals surface area contributed by atoms with Crippen molar-refractivity contribution in [3.63, 3.8) is 0 Å². The molecule has 0 aliphatic carbocycles. The minimum Gasteiger partial charge on any atom is -0.494 e. The maximum absolute atomic E-state index is 14.1. The zero-order valence-corrected chi connectivity index (χ0v) is 21.8. The zero-order valence-electron chi connectivity index (χ0n) is 21.8. The Morgan fingerprint density at radius 1 is 0.897 bits per heavy atom. The number of ether oxygens (including phenoxy) is 2. The molecule has 0 aromatic heterocycles. The Bertz CT molecular complexity index is 1500. The van der Waals surface area contributed by atoms with E-state index in [1.54, 1.807) is 4.90 Å². The number of hydrogen-bond acceptors (Lipinski definition) is 5. The second kappa shape index (κ2) is 10.4. The van der Waals surface area contributed by atoms with E-state index in [0.29, 0.717) is 31.1 Å². The highest BCUT2D eigenvalue weighted by molar-refractivity contribution is 6.08. The fourth-order valence-electron chi connectivity index (χ4n) is 5.43. The van der Waals surface area contributed by atoms with Gasteiger partial charge in [-0.1, -0.05) is 72.8 Å². The fraction of sp³-hybridized carbons (Fsp3) is 0.212. The number of amides is 1. The first kappa shape index (κ1) is 24.9. The molecule has 1 N–H and O–H groups in total. The lowest BCUT2D eigenvalue weighted by Crippen LogP contribution is -2.53. The molecule has 6 rings (SSSR count). The van der Waals surface area contributed by atoms with E-state index in [0.717, 1.165) is 33.5 Å². The summed E-state index contributed by atoms with van der Waals surface area (Å²) in [5, 5.41) is 9.00. The molecule has 0 saturated carbocycles. The molecule has 1 amide bonds. The number of para-hydroxylation sites is 1. The van der Waals surface area contributed by atoms with Gasteiger partial charge >= 0.3 is 0 Å². The van der Waals surface area contributed by atoms with Crippen LogP contribution in [0.4, 0.5) is 5.69 Å². The molecule has 2 aliphatic rings. The maximum atomic E-state index is 14.1. The van der Waals surface area contributed by atoms with Crippen LogP contribution in [0.2, 0.25) is 0 Å². The number of carbonyl (C=O) groups is 1. The highest BCUT2D eigenvalue weighted by Crippen LogP contribution is 2.47. The second-order valence-electron chi connectivity index (χ2n) is 9.95. The lowest BCUT2D eigenvalue weighted by molar-refractivity contribution is -0.126. The molecule has 0 saturated heterocycles. The molecule has 0 radical (unpaired) electrons. The summed E-state index contributed by atoms with van der Waals surface area (Å²) in [6, 6.07) is 33.9. The van der Waals surface area contributed by atoms with Crippen molar-refractivity contribution in [3.05, 3.63) is 120 Å². The number of carbonyl (C=O) groups excluding carboxylic acids is 1. The number of anilines is 1. The molecule has 2 heterocycles. The molecule has 6 heteroatoms. The number of fused-ring (bicyclic) bond motifs is 1. The molecular weight excluding hydrogens is 488 g/mol. The minimum absolute atomic E-state index is 0.0858. The van der Waals surface area contributed by atoms with Crippen LogP contribution in [0.25, 0.3) is 11.1 Å². The third-order valence-corrected chi connectivity index (χ3v) is 7.45. The minimum atomic E-state index is -1.12. The summed E-state index contributed by atoms with van der Waals surface area (Å²) in [6.07, 6.45) is 0.437.